The van der Waals surface area contributed by atoms with Gasteiger partial charge in [-0.3, -0.25) is 9.78 Å². The Morgan fingerprint density at radius 1 is 1.67 bits per heavy atom. The maximum atomic E-state index is 10.7. The second-order valence-corrected chi connectivity index (χ2v) is 4.66. The van der Waals surface area contributed by atoms with Gasteiger partial charge in [0.05, 0.1) is 4.99 Å². The van der Waals surface area contributed by atoms with E-state index in [1.54, 1.807) is 6.20 Å². The van der Waals surface area contributed by atoms with Crippen molar-refractivity contribution in [2.24, 2.45) is 11.7 Å². The minimum Gasteiger partial charge on any atom is -0.379 e. The minimum atomic E-state index is -0.308. The van der Waals surface area contributed by atoms with Crippen molar-refractivity contribution in [3.63, 3.8) is 0 Å². The van der Waals surface area contributed by atoms with Crippen molar-refractivity contribution < 1.29 is 4.79 Å². The number of aromatic nitrogens is 1. The standard InChI is InChI=1S/C13H18N3OS/c1-10(7-12(14)17)8-13(18)16-6-4-11-3-2-5-15-9-11/h2-3,5,8-10H,4,6-7H2,1H3,(H2,14,17)(H,16,18)/t10-/m1/s1. The summed E-state index contributed by atoms with van der Waals surface area (Å²) in [5.41, 5.74) is 6.28. The second-order valence-electron chi connectivity index (χ2n) is 4.22. The molecule has 18 heavy (non-hydrogen) atoms. The van der Waals surface area contributed by atoms with Crippen LogP contribution in [0, 0.1) is 12.3 Å². The summed E-state index contributed by atoms with van der Waals surface area (Å²) in [6, 6.07) is 3.94. The van der Waals surface area contributed by atoms with E-state index < -0.39 is 0 Å². The Balaban J connectivity index is 2.19. The van der Waals surface area contributed by atoms with Crippen molar-refractivity contribution in [3.05, 3.63) is 36.5 Å². The molecule has 1 aromatic heterocycles. The van der Waals surface area contributed by atoms with Crippen molar-refractivity contribution in [1.29, 1.82) is 0 Å². The van der Waals surface area contributed by atoms with Crippen LogP contribution in [0.5, 0.6) is 0 Å². The molecule has 1 atom stereocenters. The van der Waals surface area contributed by atoms with Gasteiger partial charge >= 0.3 is 0 Å². The third-order valence-electron chi connectivity index (χ3n) is 2.39. The highest BCUT2D eigenvalue weighted by Gasteiger charge is 2.09. The van der Waals surface area contributed by atoms with E-state index in [2.05, 4.69) is 10.3 Å². The SMILES string of the molecule is C[C@@H]([CH]C(=S)NCCc1cccnc1)CC(N)=O. The van der Waals surface area contributed by atoms with Crippen LogP contribution in [0.15, 0.2) is 24.5 Å². The summed E-state index contributed by atoms with van der Waals surface area (Å²) >= 11 is 5.16. The molecule has 0 aromatic carbocycles. The van der Waals surface area contributed by atoms with Crippen molar-refractivity contribution >= 4 is 23.1 Å². The Kier molecular flexibility index (Phi) is 6.28. The highest BCUT2D eigenvalue weighted by atomic mass is 32.1. The second kappa shape index (κ2) is 7.76. The molecule has 1 heterocycles. The summed E-state index contributed by atoms with van der Waals surface area (Å²) in [4.78, 5) is 15.4. The lowest BCUT2D eigenvalue weighted by Gasteiger charge is -2.11. The summed E-state index contributed by atoms with van der Waals surface area (Å²) in [5, 5.41) is 3.13. The lowest BCUT2D eigenvalue weighted by molar-refractivity contribution is -0.118. The van der Waals surface area contributed by atoms with Gasteiger partial charge in [-0.2, -0.15) is 0 Å². The van der Waals surface area contributed by atoms with E-state index in [-0.39, 0.29) is 11.8 Å². The molecule has 97 valence electrons. The number of hydrogen-bond donors (Lipinski definition) is 2. The molecule has 0 aliphatic rings. The number of thiocarbonyl (C=S) groups is 1. The van der Waals surface area contributed by atoms with Crippen LogP contribution in [0.4, 0.5) is 0 Å². The van der Waals surface area contributed by atoms with Gasteiger partial charge in [0.1, 0.15) is 0 Å². The predicted molar refractivity (Wildman–Crippen MR) is 75.8 cm³/mol. The third-order valence-corrected chi connectivity index (χ3v) is 2.68. The fourth-order valence-electron chi connectivity index (χ4n) is 1.57. The zero-order valence-electron chi connectivity index (χ0n) is 10.4. The lowest BCUT2D eigenvalue weighted by Crippen LogP contribution is -2.27. The number of pyridine rings is 1. The Morgan fingerprint density at radius 2 is 2.44 bits per heavy atom. The minimum absolute atomic E-state index is 0.0703. The van der Waals surface area contributed by atoms with Gasteiger partial charge in [-0.15, -0.1) is 0 Å². The van der Waals surface area contributed by atoms with Gasteiger partial charge in [0.2, 0.25) is 5.91 Å². The Morgan fingerprint density at radius 3 is 3.06 bits per heavy atom. The van der Waals surface area contributed by atoms with Crippen LogP contribution in [-0.2, 0) is 11.2 Å². The molecule has 1 radical (unpaired) electrons. The van der Waals surface area contributed by atoms with Crippen LogP contribution in [-0.4, -0.2) is 22.4 Å². The van der Waals surface area contributed by atoms with Crippen LogP contribution in [0.25, 0.3) is 0 Å². The summed E-state index contributed by atoms with van der Waals surface area (Å²) in [5.74, 6) is -0.238. The lowest BCUT2D eigenvalue weighted by atomic mass is 10.0. The Labute approximate surface area is 113 Å². The number of nitrogens with two attached hydrogens (primary N) is 1. The predicted octanol–water partition coefficient (Wildman–Crippen LogP) is 1.26. The van der Waals surface area contributed by atoms with E-state index in [4.69, 9.17) is 18.0 Å². The molecule has 0 fully saturated rings. The fourth-order valence-corrected chi connectivity index (χ4v) is 1.90. The molecule has 0 aliphatic heterocycles. The largest absolute Gasteiger partial charge is 0.379 e. The van der Waals surface area contributed by atoms with Crippen LogP contribution in [0.2, 0.25) is 0 Å². The molecular formula is C13H18N3OS. The first-order valence-corrected chi connectivity index (χ1v) is 6.28. The van der Waals surface area contributed by atoms with E-state index in [0.717, 1.165) is 18.5 Å². The first-order valence-electron chi connectivity index (χ1n) is 5.88. The van der Waals surface area contributed by atoms with Crippen LogP contribution in [0.3, 0.4) is 0 Å². The number of primary amides is 1. The fraction of sp³-hybridized carbons (Fsp3) is 0.385. The molecular weight excluding hydrogens is 246 g/mol. The molecule has 3 N–H and O–H groups in total. The van der Waals surface area contributed by atoms with E-state index in [9.17, 15) is 4.79 Å². The van der Waals surface area contributed by atoms with Crippen LogP contribution in [0.1, 0.15) is 18.9 Å². The zero-order valence-corrected chi connectivity index (χ0v) is 11.2. The van der Waals surface area contributed by atoms with Gasteiger partial charge in [-0.1, -0.05) is 25.2 Å². The molecule has 1 rings (SSSR count). The molecule has 0 unspecified atom stereocenters. The first-order chi connectivity index (χ1) is 8.58. The molecule has 0 spiro atoms. The van der Waals surface area contributed by atoms with E-state index in [1.165, 1.54) is 0 Å². The maximum Gasteiger partial charge on any atom is 0.217 e. The third kappa shape index (κ3) is 6.30. The summed E-state index contributed by atoms with van der Waals surface area (Å²) in [6.45, 7) is 2.67. The van der Waals surface area contributed by atoms with E-state index in [1.807, 2.05) is 31.7 Å². The quantitative estimate of drug-likeness (QED) is 0.727. The van der Waals surface area contributed by atoms with E-state index >= 15 is 0 Å². The number of amides is 1. The first kappa shape index (κ1) is 14.6. The zero-order chi connectivity index (χ0) is 13.4. The monoisotopic (exact) mass is 264 g/mol. The molecule has 5 heteroatoms. The number of nitrogens with zero attached hydrogens (tertiary/aromatic N) is 1. The summed E-state index contributed by atoms with van der Waals surface area (Å²) in [7, 11) is 0. The molecule has 0 aliphatic carbocycles. The number of carbonyl (C=O) groups is 1. The van der Waals surface area contributed by atoms with Gasteiger partial charge in [0.15, 0.2) is 0 Å². The highest BCUT2D eigenvalue weighted by molar-refractivity contribution is 7.80. The average Bonchev–Trinajstić information content (AvgIpc) is 2.29. The average molecular weight is 264 g/mol. The van der Waals surface area contributed by atoms with Crippen molar-refractivity contribution in [2.75, 3.05) is 6.54 Å². The topological polar surface area (TPSA) is 68.0 Å². The van der Waals surface area contributed by atoms with Crippen molar-refractivity contribution in [1.82, 2.24) is 10.3 Å². The van der Waals surface area contributed by atoms with Gasteiger partial charge in [-0.25, -0.2) is 0 Å². The molecule has 0 saturated carbocycles. The van der Waals surface area contributed by atoms with E-state index in [0.29, 0.717) is 11.4 Å². The molecule has 1 aromatic rings. The molecule has 0 saturated heterocycles. The Hall–Kier alpha value is -1.49. The Bertz CT molecular complexity index is 394. The van der Waals surface area contributed by atoms with Crippen LogP contribution >= 0.6 is 12.2 Å². The molecule has 1 amide bonds. The van der Waals surface area contributed by atoms with Gasteiger partial charge in [0, 0.05) is 31.8 Å². The van der Waals surface area contributed by atoms with Crippen molar-refractivity contribution in [3.8, 4) is 0 Å². The normalized spacial score (nSPS) is 11.8. The van der Waals surface area contributed by atoms with Gasteiger partial charge in [-0.05, 0) is 24.0 Å². The highest BCUT2D eigenvalue weighted by Crippen LogP contribution is 2.06. The summed E-state index contributed by atoms with van der Waals surface area (Å²) in [6.07, 6.45) is 6.63. The number of nitrogens with one attached hydrogen (secondary N) is 1. The number of hydrogen-bond acceptors (Lipinski definition) is 3. The van der Waals surface area contributed by atoms with Gasteiger partial charge in [0.25, 0.3) is 0 Å². The van der Waals surface area contributed by atoms with Crippen LogP contribution < -0.4 is 11.1 Å². The molecule has 0 bridgehead atoms. The summed E-state index contributed by atoms with van der Waals surface area (Å²) < 4.78 is 0. The number of carbonyl (C=O) groups excluding carboxylic acids is 1. The van der Waals surface area contributed by atoms with Gasteiger partial charge < -0.3 is 11.1 Å². The maximum absolute atomic E-state index is 10.7. The smallest absolute Gasteiger partial charge is 0.217 e. The van der Waals surface area contributed by atoms with Crippen molar-refractivity contribution in [2.45, 2.75) is 19.8 Å². The number of rotatable bonds is 7. The molecule has 4 nitrogen and oxygen atoms in total.